The zero-order valence-electron chi connectivity index (χ0n) is 9.84. The molecule has 94 valence electrons. The zero-order chi connectivity index (χ0) is 13.0. The van der Waals surface area contributed by atoms with Crippen LogP contribution < -0.4 is 0 Å². The van der Waals surface area contributed by atoms with Crippen molar-refractivity contribution in [1.29, 1.82) is 0 Å². The summed E-state index contributed by atoms with van der Waals surface area (Å²) in [6, 6.07) is 7.92. The molecular formula is C12H12BrN3OS. The number of hydrogen-bond donors (Lipinski definition) is 0. The van der Waals surface area contributed by atoms with Crippen LogP contribution in [0.2, 0.25) is 0 Å². The Morgan fingerprint density at radius 3 is 2.72 bits per heavy atom. The summed E-state index contributed by atoms with van der Waals surface area (Å²) in [5, 5.41) is 3.94. The van der Waals surface area contributed by atoms with Crippen LogP contribution in [0.4, 0.5) is 0 Å². The first-order chi connectivity index (χ1) is 8.65. The van der Waals surface area contributed by atoms with Crippen LogP contribution >= 0.6 is 27.7 Å². The average Bonchev–Trinajstić information content (AvgIpc) is 2.74. The van der Waals surface area contributed by atoms with E-state index in [0.29, 0.717) is 18.0 Å². The van der Waals surface area contributed by atoms with E-state index < -0.39 is 0 Å². The molecule has 0 aliphatic carbocycles. The van der Waals surface area contributed by atoms with Crippen LogP contribution in [0.5, 0.6) is 0 Å². The molecule has 1 heterocycles. The summed E-state index contributed by atoms with van der Waals surface area (Å²) in [6.45, 7) is 0. The Hall–Kier alpha value is -1.14. The molecule has 4 nitrogen and oxygen atoms in total. The Bertz CT molecular complexity index is 539. The number of aryl methyl sites for hydroxylation is 1. The molecule has 6 heteroatoms. The molecule has 0 saturated carbocycles. The van der Waals surface area contributed by atoms with Crippen LogP contribution in [0.1, 0.15) is 5.82 Å². The number of Topliss-reactive ketones (excluding diaryl/α,β-unsaturated/α-hetero) is 1. The number of ketones is 1. The second-order valence-corrected chi connectivity index (χ2v) is 5.72. The van der Waals surface area contributed by atoms with Crippen LogP contribution in [-0.2, 0) is 18.3 Å². The minimum absolute atomic E-state index is 0.152. The second-order valence-electron chi connectivity index (χ2n) is 3.76. The lowest BCUT2D eigenvalue weighted by atomic mass is 10.3. The van der Waals surface area contributed by atoms with E-state index in [1.807, 2.05) is 24.3 Å². The van der Waals surface area contributed by atoms with Crippen LogP contribution in [0.25, 0.3) is 0 Å². The van der Waals surface area contributed by atoms with Crippen LogP contribution in [-0.4, -0.2) is 26.3 Å². The van der Waals surface area contributed by atoms with E-state index in [1.165, 1.54) is 18.1 Å². The fourth-order valence-electron chi connectivity index (χ4n) is 1.40. The summed E-state index contributed by atoms with van der Waals surface area (Å²) in [5.41, 5.74) is 0. The molecule has 0 aliphatic heterocycles. The quantitative estimate of drug-likeness (QED) is 0.792. The van der Waals surface area contributed by atoms with Gasteiger partial charge in [-0.25, -0.2) is 4.98 Å². The maximum Gasteiger partial charge on any atom is 0.150 e. The molecule has 0 saturated heterocycles. The van der Waals surface area contributed by atoms with E-state index in [4.69, 9.17) is 0 Å². The Morgan fingerprint density at radius 1 is 1.39 bits per heavy atom. The fourth-order valence-corrected chi connectivity index (χ4v) is 2.42. The summed E-state index contributed by atoms with van der Waals surface area (Å²) in [4.78, 5) is 16.9. The van der Waals surface area contributed by atoms with Crippen molar-refractivity contribution in [2.45, 2.75) is 11.3 Å². The molecule has 1 aromatic carbocycles. The number of nitrogens with zero attached hydrogens (tertiary/aromatic N) is 3. The van der Waals surface area contributed by atoms with Crippen molar-refractivity contribution < 1.29 is 4.79 Å². The van der Waals surface area contributed by atoms with Crippen LogP contribution in [0.15, 0.2) is 40.0 Å². The Balaban J connectivity index is 1.85. The molecule has 0 spiro atoms. The van der Waals surface area contributed by atoms with Gasteiger partial charge in [0.05, 0.1) is 12.2 Å². The second kappa shape index (κ2) is 6.15. The van der Waals surface area contributed by atoms with Crippen molar-refractivity contribution in [2.24, 2.45) is 7.05 Å². The lowest BCUT2D eigenvalue weighted by Crippen LogP contribution is -2.10. The van der Waals surface area contributed by atoms with E-state index in [0.717, 1.165) is 9.37 Å². The number of carbonyl (C=O) groups excluding carboxylic acids is 1. The van der Waals surface area contributed by atoms with E-state index in [1.54, 1.807) is 11.7 Å². The molecule has 0 atom stereocenters. The molecule has 0 N–H and O–H groups in total. The average molecular weight is 326 g/mol. The molecule has 0 bridgehead atoms. The number of hydrogen-bond acceptors (Lipinski definition) is 4. The molecule has 0 fully saturated rings. The number of halogens is 1. The van der Waals surface area contributed by atoms with Crippen molar-refractivity contribution in [3.63, 3.8) is 0 Å². The molecule has 2 rings (SSSR count). The minimum Gasteiger partial charge on any atom is -0.298 e. The predicted octanol–water partition coefficient (Wildman–Crippen LogP) is 2.48. The molecule has 0 radical (unpaired) electrons. The van der Waals surface area contributed by atoms with Gasteiger partial charge in [0.1, 0.15) is 12.2 Å². The summed E-state index contributed by atoms with van der Waals surface area (Å²) in [7, 11) is 1.79. The summed E-state index contributed by atoms with van der Waals surface area (Å²) in [5.74, 6) is 1.31. The van der Waals surface area contributed by atoms with E-state index >= 15 is 0 Å². The monoisotopic (exact) mass is 325 g/mol. The van der Waals surface area contributed by atoms with Gasteiger partial charge in [-0.05, 0) is 24.3 Å². The molecule has 18 heavy (non-hydrogen) atoms. The van der Waals surface area contributed by atoms with Crippen LogP contribution in [0.3, 0.4) is 0 Å². The van der Waals surface area contributed by atoms with Gasteiger partial charge in [-0.1, -0.05) is 15.9 Å². The van der Waals surface area contributed by atoms with Gasteiger partial charge in [0.25, 0.3) is 0 Å². The Morgan fingerprint density at radius 2 is 2.11 bits per heavy atom. The first kappa shape index (κ1) is 13.3. The lowest BCUT2D eigenvalue weighted by Gasteiger charge is -2.02. The number of thioether (sulfide) groups is 1. The largest absolute Gasteiger partial charge is 0.298 e. The third kappa shape index (κ3) is 3.68. The smallest absolute Gasteiger partial charge is 0.150 e. The standard InChI is InChI=1S/C12H12BrN3OS/c1-16-12(14-8-15-16)6-10(17)7-18-11-4-2-9(13)3-5-11/h2-5,8H,6-7H2,1H3. The topological polar surface area (TPSA) is 47.8 Å². The summed E-state index contributed by atoms with van der Waals surface area (Å²) in [6.07, 6.45) is 1.80. The Kier molecular flexibility index (Phi) is 4.54. The third-order valence-corrected chi connectivity index (χ3v) is 3.97. The normalized spacial score (nSPS) is 10.6. The van der Waals surface area contributed by atoms with E-state index in [9.17, 15) is 4.79 Å². The number of aromatic nitrogens is 3. The van der Waals surface area contributed by atoms with Gasteiger partial charge in [0.2, 0.25) is 0 Å². The van der Waals surface area contributed by atoms with E-state index in [-0.39, 0.29) is 5.78 Å². The van der Waals surface area contributed by atoms with Gasteiger partial charge >= 0.3 is 0 Å². The molecule has 0 aliphatic rings. The van der Waals surface area contributed by atoms with Gasteiger partial charge in [-0.3, -0.25) is 9.48 Å². The highest BCUT2D eigenvalue weighted by Crippen LogP contribution is 2.20. The highest BCUT2D eigenvalue weighted by atomic mass is 79.9. The molecule has 1 aromatic heterocycles. The first-order valence-corrected chi connectivity index (χ1v) is 7.16. The van der Waals surface area contributed by atoms with Crippen molar-refractivity contribution in [2.75, 3.05) is 5.75 Å². The van der Waals surface area contributed by atoms with Gasteiger partial charge in [0.15, 0.2) is 5.78 Å². The van der Waals surface area contributed by atoms with Crippen LogP contribution in [0, 0.1) is 0 Å². The van der Waals surface area contributed by atoms with Gasteiger partial charge in [0, 0.05) is 16.4 Å². The highest BCUT2D eigenvalue weighted by Gasteiger charge is 2.08. The lowest BCUT2D eigenvalue weighted by molar-refractivity contribution is -0.116. The van der Waals surface area contributed by atoms with Crippen molar-refractivity contribution in [3.05, 3.63) is 40.9 Å². The minimum atomic E-state index is 0.152. The summed E-state index contributed by atoms with van der Waals surface area (Å²) >= 11 is 4.92. The molecule has 0 amide bonds. The molecular weight excluding hydrogens is 314 g/mol. The SMILES string of the molecule is Cn1ncnc1CC(=O)CSc1ccc(Br)cc1. The maximum absolute atomic E-state index is 11.8. The van der Waals surface area contributed by atoms with Crippen molar-refractivity contribution >= 4 is 33.5 Å². The van der Waals surface area contributed by atoms with Gasteiger partial charge < -0.3 is 0 Å². The predicted molar refractivity (Wildman–Crippen MR) is 74.6 cm³/mol. The number of carbonyl (C=O) groups is 1. The number of rotatable bonds is 5. The van der Waals surface area contributed by atoms with Gasteiger partial charge in [-0.15, -0.1) is 11.8 Å². The zero-order valence-corrected chi connectivity index (χ0v) is 12.2. The highest BCUT2D eigenvalue weighted by molar-refractivity contribution is 9.10. The Labute approximate surface area is 118 Å². The summed E-state index contributed by atoms with van der Waals surface area (Å²) < 4.78 is 2.67. The van der Waals surface area contributed by atoms with Crippen molar-refractivity contribution in [3.8, 4) is 0 Å². The first-order valence-electron chi connectivity index (χ1n) is 5.38. The third-order valence-electron chi connectivity index (χ3n) is 2.37. The van der Waals surface area contributed by atoms with E-state index in [2.05, 4.69) is 26.0 Å². The molecule has 0 unspecified atom stereocenters. The molecule has 2 aromatic rings. The number of benzene rings is 1. The fraction of sp³-hybridized carbons (Fsp3) is 0.250. The van der Waals surface area contributed by atoms with Crippen molar-refractivity contribution in [1.82, 2.24) is 14.8 Å². The van der Waals surface area contributed by atoms with Gasteiger partial charge in [-0.2, -0.15) is 5.10 Å². The maximum atomic E-state index is 11.8.